The van der Waals surface area contributed by atoms with Crippen LogP contribution in [0.1, 0.15) is 5.56 Å². The Morgan fingerprint density at radius 2 is 1.94 bits per heavy atom. The summed E-state index contributed by atoms with van der Waals surface area (Å²) in [5.74, 6) is 0. The quantitative estimate of drug-likeness (QED) is 0.739. The van der Waals surface area contributed by atoms with Gasteiger partial charge in [-0.25, -0.2) is 0 Å². The fourth-order valence-corrected chi connectivity index (χ4v) is 1.41. The smallest absolute Gasteiger partial charge is 0.140 e. The molecule has 0 atom stereocenters. The van der Waals surface area contributed by atoms with Gasteiger partial charge in [-0.15, -0.1) is 6.07 Å². The van der Waals surface area contributed by atoms with Crippen molar-refractivity contribution in [3.05, 3.63) is 72.0 Å². The predicted molar refractivity (Wildman–Crippen MR) is 62.0 cm³/mol. The Morgan fingerprint density at radius 3 is 2.56 bits per heavy atom. The molecular weight excluding hydrogens is 275 g/mol. The first kappa shape index (κ1) is 15.3. The van der Waals surface area contributed by atoms with Crippen LogP contribution in [0, 0.1) is 20.4 Å². The van der Waals surface area contributed by atoms with Gasteiger partial charge >= 0.3 is 0 Å². The largest absolute Gasteiger partial charge is 0.392 e. The molecule has 1 aromatic carbocycles. The molecule has 0 spiro atoms. The average molecular weight is 288 g/mol. The van der Waals surface area contributed by atoms with Gasteiger partial charge in [0.25, 0.3) is 0 Å². The molecule has 1 aromatic heterocycles. The summed E-state index contributed by atoms with van der Waals surface area (Å²) in [6.07, 6.45) is 1.73. The van der Waals surface area contributed by atoms with Crippen LogP contribution in [0.15, 0.2) is 47.4 Å². The zero-order valence-electron chi connectivity index (χ0n) is 9.47. The molecule has 2 nitrogen and oxygen atoms in total. The molecule has 0 aliphatic heterocycles. The Morgan fingerprint density at radius 1 is 1.25 bits per heavy atom. The molecule has 16 heavy (non-hydrogen) atoms. The van der Waals surface area contributed by atoms with Gasteiger partial charge in [0.15, 0.2) is 0 Å². The first-order chi connectivity index (χ1) is 6.79. The van der Waals surface area contributed by atoms with E-state index in [9.17, 15) is 4.79 Å². The van der Waals surface area contributed by atoms with E-state index in [2.05, 4.69) is 6.07 Å². The van der Waals surface area contributed by atoms with Gasteiger partial charge in [0.05, 0.1) is 0 Å². The van der Waals surface area contributed by atoms with Gasteiger partial charge in [0.1, 0.15) is 5.56 Å². The number of nitrogens with zero attached hydrogens (tertiary/aromatic N) is 1. The molecule has 2 aromatic rings. The van der Waals surface area contributed by atoms with Gasteiger partial charge in [-0.2, -0.15) is 12.1 Å². The van der Waals surface area contributed by atoms with E-state index >= 15 is 0 Å². The molecule has 81 valence electrons. The van der Waals surface area contributed by atoms with Crippen molar-refractivity contribution in [2.45, 2.75) is 6.92 Å². The molecule has 1 radical (unpaired) electrons. The van der Waals surface area contributed by atoms with E-state index in [-0.39, 0.29) is 45.7 Å². The molecular formula is C13H13NOY-2. The van der Waals surface area contributed by atoms with Gasteiger partial charge in [-0.3, -0.25) is 0 Å². The van der Waals surface area contributed by atoms with Crippen LogP contribution in [0.2, 0.25) is 0 Å². The summed E-state index contributed by atoms with van der Waals surface area (Å²) in [4.78, 5) is 11.5. The topological polar surface area (TPSA) is 22.0 Å². The maximum atomic E-state index is 11.5. The number of para-hydroxylation sites is 1. The van der Waals surface area contributed by atoms with E-state index in [1.165, 1.54) is 6.07 Å². The van der Waals surface area contributed by atoms with Gasteiger partial charge in [-0.1, -0.05) is 24.4 Å². The minimum atomic E-state index is -0.0539. The monoisotopic (exact) mass is 288 g/mol. The number of aryl methyl sites for hydroxylation is 1. The summed E-state index contributed by atoms with van der Waals surface area (Å²) < 4.78 is 1.62. The van der Waals surface area contributed by atoms with Crippen molar-refractivity contribution >= 4 is 0 Å². The maximum absolute atomic E-state index is 11.5. The Kier molecular flexibility index (Phi) is 6.46. The Balaban J connectivity index is 0.00000112. The Bertz CT molecular complexity index is 505. The van der Waals surface area contributed by atoms with E-state index in [4.69, 9.17) is 0 Å². The third kappa shape index (κ3) is 3.13. The molecule has 0 bridgehead atoms. The molecule has 0 aliphatic rings. The van der Waals surface area contributed by atoms with Crippen LogP contribution in [-0.2, 0) is 32.7 Å². The number of rotatable bonds is 1. The second-order valence-corrected chi connectivity index (χ2v) is 3.12. The fourth-order valence-electron chi connectivity index (χ4n) is 1.41. The second-order valence-electron chi connectivity index (χ2n) is 3.12. The van der Waals surface area contributed by atoms with E-state index < -0.39 is 0 Å². The minimum absolute atomic E-state index is 0. The van der Waals surface area contributed by atoms with E-state index in [1.54, 1.807) is 16.8 Å². The zero-order chi connectivity index (χ0) is 9.97. The summed E-state index contributed by atoms with van der Waals surface area (Å²) in [5.41, 5.74) is 1.95. The molecule has 0 saturated heterocycles. The van der Waals surface area contributed by atoms with Crippen molar-refractivity contribution in [3.63, 3.8) is 0 Å². The van der Waals surface area contributed by atoms with E-state index in [0.717, 1.165) is 11.3 Å². The molecule has 1 heterocycles. The molecule has 0 saturated carbocycles. The van der Waals surface area contributed by atoms with Crippen LogP contribution < -0.4 is 5.56 Å². The Hall–Kier alpha value is -0.726. The third-order valence-electron chi connectivity index (χ3n) is 2.14. The van der Waals surface area contributed by atoms with Crippen LogP contribution in [0.4, 0.5) is 0 Å². The summed E-state index contributed by atoms with van der Waals surface area (Å²) >= 11 is 0. The molecule has 3 heteroatoms. The van der Waals surface area contributed by atoms with Crippen LogP contribution in [0.5, 0.6) is 0 Å². The van der Waals surface area contributed by atoms with E-state index in [0.29, 0.717) is 0 Å². The van der Waals surface area contributed by atoms with Crippen molar-refractivity contribution in [1.82, 2.24) is 4.57 Å². The van der Waals surface area contributed by atoms with E-state index in [1.807, 2.05) is 31.2 Å². The second kappa shape index (κ2) is 6.77. The number of benzene rings is 1. The van der Waals surface area contributed by atoms with Crippen molar-refractivity contribution in [1.29, 1.82) is 0 Å². The van der Waals surface area contributed by atoms with Crippen molar-refractivity contribution in [2.24, 2.45) is 0 Å². The van der Waals surface area contributed by atoms with Crippen LogP contribution in [0.25, 0.3) is 5.69 Å². The number of hydrogen-bond acceptors (Lipinski definition) is 1. The minimum Gasteiger partial charge on any atom is -0.392 e. The SMILES string of the molecule is Cc1ccccc1-n1cc[c-]cc1=O.[CH3-].[Y]. The summed E-state index contributed by atoms with van der Waals surface area (Å²) in [5, 5.41) is 0. The van der Waals surface area contributed by atoms with Crippen LogP contribution in [-0.4, -0.2) is 4.57 Å². The van der Waals surface area contributed by atoms with Crippen LogP contribution in [0.3, 0.4) is 0 Å². The fraction of sp³-hybridized carbons (Fsp3) is 0.0769. The third-order valence-corrected chi connectivity index (χ3v) is 2.14. The van der Waals surface area contributed by atoms with Gasteiger partial charge < -0.3 is 16.8 Å². The molecule has 2 rings (SSSR count). The normalized spacial score (nSPS) is 8.81. The van der Waals surface area contributed by atoms with Crippen molar-refractivity contribution in [2.75, 3.05) is 0 Å². The van der Waals surface area contributed by atoms with Crippen LogP contribution >= 0.6 is 0 Å². The average Bonchev–Trinajstić information content (AvgIpc) is 2.20. The molecule has 0 fully saturated rings. The van der Waals surface area contributed by atoms with Crippen molar-refractivity contribution in [3.8, 4) is 5.69 Å². The molecule has 0 amide bonds. The predicted octanol–water partition coefficient (Wildman–Crippen LogP) is 2.39. The number of pyridine rings is 1. The standard InChI is InChI=1S/C12H10NO.CH3.Y/c1-10-6-2-3-7-11(10)13-9-5-4-8-12(13)14;;/h2-3,5-9H,1H3;1H3;/q2*-1;. The summed E-state index contributed by atoms with van der Waals surface area (Å²) in [7, 11) is 0. The summed E-state index contributed by atoms with van der Waals surface area (Å²) in [6, 6.07) is 13.7. The maximum Gasteiger partial charge on any atom is 0.140 e. The molecule has 0 N–H and O–H groups in total. The Labute approximate surface area is 121 Å². The zero-order valence-corrected chi connectivity index (χ0v) is 12.3. The molecule has 0 unspecified atom stereocenters. The first-order valence-electron chi connectivity index (χ1n) is 4.44. The number of aromatic nitrogens is 1. The molecule has 0 aliphatic carbocycles. The first-order valence-corrected chi connectivity index (χ1v) is 4.44. The van der Waals surface area contributed by atoms with Gasteiger partial charge in [0, 0.05) is 38.4 Å². The van der Waals surface area contributed by atoms with Gasteiger partial charge in [-0.05, 0) is 18.6 Å². The van der Waals surface area contributed by atoms with Gasteiger partial charge in [0.2, 0.25) is 0 Å². The summed E-state index contributed by atoms with van der Waals surface area (Å²) in [6.45, 7) is 1.98. The number of hydrogen-bond donors (Lipinski definition) is 0. The van der Waals surface area contributed by atoms with Crippen molar-refractivity contribution < 1.29 is 32.7 Å².